The summed E-state index contributed by atoms with van der Waals surface area (Å²) >= 11 is 0. The van der Waals surface area contributed by atoms with E-state index in [1.165, 1.54) is 27.5 Å². The van der Waals surface area contributed by atoms with E-state index >= 15 is 0 Å². The standard InChI is InChI=1S/C28H25N3O7/c1-35-24-12-18(13-25(36-2)27(24)37-3)22-14-20(19-9-5-6-10-21(19)30-22)28(34)31-29-15-17-8-4-7-11-23(17)38-16-26(32)33/h4-15H,16H2,1-3H3,(H,31,34)(H,32,33)/p-1. The highest BCUT2D eigenvalue weighted by Gasteiger charge is 2.18. The second kappa shape index (κ2) is 11.7. The van der Waals surface area contributed by atoms with Gasteiger partial charge in [0.05, 0.1) is 50.3 Å². The minimum atomic E-state index is -1.35. The maximum Gasteiger partial charge on any atom is 0.272 e. The van der Waals surface area contributed by atoms with Crippen LogP contribution >= 0.6 is 0 Å². The Bertz CT molecular complexity index is 1490. The van der Waals surface area contributed by atoms with Crippen LogP contribution in [0, 0.1) is 0 Å². The topological polar surface area (TPSA) is 131 Å². The quantitative estimate of drug-likeness (QED) is 0.252. The second-order valence-electron chi connectivity index (χ2n) is 7.88. The molecule has 0 saturated carbocycles. The lowest BCUT2D eigenvalue weighted by Crippen LogP contribution is -2.29. The highest BCUT2D eigenvalue weighted by Crippen LogP contribution is 2.41. The molecule has 194 valence electrons. The highest BCUT2D eigenvalue weighted by molar-refractivity contribution is 6.07. The van der Waals surface area contributed by atoms with Gasteiger partial charge in [-0.15, -0.1) is 0 Å². The molecule has 0 saturated heterocycles. The van der Waals surface area contributed by atoms with Crippen LogP contribution in [-0.4, -0.2) is 51.0 Å². The van der Waals surface area contributed by atoms with Crippen molar-refractivity contribution >= 4 is 29.0 Å². The van der Waals surface area contributed by atoms with Crippen LogP contribution in [-0.2, 0) is 4.79 Å². The van der Waals surface area contributed by atoms with E-state index in [4.69, 9.17) is 23.9 Å². The van der Waals surface area contributed by atoms with E-state index in [0.29, 0.717) is 50.5 Å². The van der Waals surface area contributed by atoms with Gasteiger partial charge in [0.15, 0.2) is 11.5 Å². The molecule has 10 nitrogen and oxygen atoms in total. The molecular weight excluding hydrogens is 490 g/mol. The van der Waals surface area contributed by atoms with Gasteiger partial charge in [0, 0.05) is 16.5 Å². The summed E-state index contributed by atoms with van der Waals surface area (Å²) in [6.07, 6.45) is 1.37. The van der Waals surface area contributed by atoms with Gasteiger partial charge >= 0.3 is 0 Å². The fraction of sp³-hybridized carbons (Fsp3) is 0.143. The minimum Gasteiger partial charge on any atom is -0.546 e. The number of amides is 1. The molecule has 1 heterocycles. The fourth-order valence-corrected chi connectivity index (χ4v) is 3.82. The molecule has 4 rings (SSSR count). The molecule has 10 heteroatoms. The lowest BCUT2D eigenvalue weighted by molar-refractivity contribution is -0.307. The summed E-state index contributed by atoms with van der Waals surface area (Å²) in [7, 11) is 4.56. The van der Waals surface area contributed by atoms with Gasteiger partial charge in [0.1, 0.15) is 12.4 Å². The molecule has 0 bridgehead atoms. The molecule has 0 aliphatic rings. The van der Waals surface area contributed by atoms with Crippen molar-refractivity contribution in [3.05, 3.63) is 77.9 Å². The zero-order valence-electron chi connectivity index (χ0n) is 20.9. The number of rotatable bonds is 10. The number of methoxy groups -OCH3 is 3. The Kier molecular flexibility index (Phi) is 8.02. The summed E-state index contributed by atoms with van der Waals surface area (Å²) in [5.74, 6) is -0.192. The number of benzene rings is 3. The van der Waals surface area contributed by atoms with Gasteiger partial charge in [-0.1, -0.05) is 30.3 Å². The Morgan fingerprint density at radius 3 is 2.29 bits per heavy atom. The number of aliphatic carboxylic acids is 1. The van der Waals surface area contributed by atoms with E-state index in [0.717, 1.165) is 0 Å². The summed E-state index contributed by atoms with van der Waals surface area (Å²) in [5, 5.41) is 15.4. The number of nitrogens with zero attached hydrogens (tertiary/aromatic N) is 2. The second-order valence-corrected chi connectivity index (χ2v) is 7.88. The molecule has 0 unspecified atom stereocenters. The molecular formula is C28H24N3O7-. The average molecular weight is 515 g/mol. The van der Waals surface area contributed by atoms with Crippen LogP contribution in [0.5, 0.6) is 23.0 Å². The summed E-state index contributed by atoms with van der Waals surface area (Å²) in [4.78, 5) is 28.7. The molecule has 1 aromatic heterocycles. The van der Waals surface area contributed by atoms with Crippen LogP contribution in [0.1, 0.15) is 15.9 Å². The van der Waals surface area contributed by atoms with Crippen LogP contribution in [0.3, 0.4) is 0 Å². The van der Waals surface area contributed by atoms with E-state index < -0.39 is 18.5 Å². The monoisotopic (exact) mass is 514 g/mol. The number of carboxylic acids is 1. The van der Waals surface area contributed by atoms with Crippen molar-refractivity contribution in [1.82, 2.24) is 10.4 Å². The lowest BCUT2D eigenvalue weighted by Gasteiger charge is -2.15. The van der Waals surface area contributed by atoms with Crippen LogP contribution in [0.2, 0.25) is 0 Å². The van der Waals surface area contributed by atoms with Crippen molar-refractivity contribution in [2.24, 2.45) is 5.10 Å². The first-order valence-electron chi connectivity index (χ1n) is 11.4. The van der Waals surface area contributed by atoms with E-state index in [2.05, 4.69) is 10.5 Å². The zero-order chi connectivity index (χ0) is 27.1. The minimum absolute atomic E-state index is 0.286. The number of carbonyl (C=O) groups excluding carboxylic acids is 2. The maximum atomic E-state index is 13.2. The van der Waals surface area contributed by atoms with Crippen molar-refractivity contribution in [1.29, 1.82) is 0 Å². The Morgan fingerprint density at radius 1 is 0.921 bits per heavy atom. The SMILES string of the molecule is COc1cc(-c2cc(C(=O)NN=Cc3ccccc3OCC(=O)[O-])c3ccccc3n2)cc(OC)c1OC. The number of pyridine rings is 1. The number of carboxylic acid groups (broad SMARTS) is 1. The van der Waals surface area contributed by atoms with E-state index in [-0.39, 0.29) is 5.75 Å². The van der Waals surface area contributed by atoms with Crippen LogP contribution < -0.4 is 29.5 Å². The number of hydrogen-bond donors (Lipinski definition) is 1. The molecule has 4 aromatic rings. The van der Waals surface area contributed by atoms with Crippen molar-refractivity contribution in [2.75, 3.05) is 27.9 Å². The zero-order valence-corrected chi connectivity index (χ0v) is 20.9. The van der Waals surface area contributed by atoms with Crippen molar-refractivity contribution in [3.8, 4) is 34.3 Å². The van der Waals surface area contributed by atoms with E-state index in [1.807, 2.05) is 18.2 Å². The average Bonchev–Trinajstić information content (AvgIpc) is 2.94. The van der Waals surface area contributed by atoms with E-state index in [1.54, 1.807) is 48.5 Å². The van der Waals surface area contributed by atoms with Gasteiger partial charge in [-0.2, -0.15) is 5.10 Å². The largest absolute Gasteiger partial charge is 0.546 e. The number of aromatic nitrogens is 1. The molecule has 1 N–H and O–H groups in total. The fourth-order valence-electron chi connectivity index (χ4n) is 3.82. The first-order valence-corrected chi connectivity index (χ1v) is 11.4. The highest BCUT2D eigenvalue weighted by atomic mass is 16.5. The molecule has 0 radical (unpaired) electrons. The predicted octanol–water partition coefficient (Wildman–Crippen LogP) is 2.82. The molecule has 1 amide bonds. The smallest absolute Gasteiger partial charge is 0.272 e. The van der Waals surface area contributed by atoms with Crippen molar-refractivity contribution in [3.63, 3.8) is 0 Å². The first-order chi connectivity index (χ1) is 18.4. The number of carbonyl (C=O) groups is 2. The van der Waals surface area contributed by atoms with Gasteiger partial charge in [0.2, 0.25) is 5.75 Å². The number of hydrazone groups is 1. The van der Waals surface area contributed by atoms with E-state index in [9.17, 15) is 14.7 Å². The molecule has 0 atom stereocenters. The Morgan fingerprint density at radius 2 is 1.61 bits per heavy atom. The van der Waals surface area contributed by atoms with Gasteiger partial charge < -0.3 is 28.8 Å². The third-order valence-corrected chi connectivity index (χ3v) is 5.56. The van der Waals surface area contributed by atoms with Crippen LogP contribution in [0.15, 0.2) is 71.8 Å². The third kappa shape index (κ3) is 5.65. The van der Waals surface area contributed by atoms with Crippen LogP contribution in [0.25, 0.3) is 22.2 Å². The van der Waals surface area contributed by atoms with Gasteiger partial charge in [0.25, 0.3) is 5.91 Å². The van der Waals surface area contributed by atoms with Crippen LogP contribution in [0.4, 0.5) is 0 Å². The molecule has 0 aliphatic carbocycles. The normalized spacial score (nSPS) is 10.8. The molecule has 38 heavy (non-hydrogen) atoms. The number of para-hydroxylation sites is 2. The third-order valence-electron chi connectivity index (χ3n) is 5.56. The predicted molar refractivity (Wildman–Crippen MR) is 139 cm³/mol. The summed E-state index contributed by atoms with van der Waals surface area (Å²) < 4.78 is 21.5. The lowest BCUT2D eigenvalue weighted by atomic mass is 10.0. The molecule has 0 fully saturated rings. The molecule has 0 spiro atoms. The maximum absolute atomic E-state index is 13.2. The van der Waals surface area contributed by atoms with Crippen molar-refractivity contribution < 1.29 is 33.6 Å². The van der Waals surface area contributed by atoms with Gasteiger partial charge in [-0.3, -0.25) is 4.79 Å². The van der Waals surface area contributed by atoms with Gasteiger partial charge in [-0.05, 0) is 36.4 Å². The number of hydrogen-bond acceptors (Lipinski definition) is 9. The van der Waals surface area contributed by atoms with Gasteiger partial charge in [-0.25, -0.2) is 10.4 Å². The molecule has 0 aliphatic heterocycles. The Balaban J connectivity index is 1.68. The molecule has 3 aromatic carbocycles. The summed E-state index contributed by atoms with van der Waals surface area (Å²) in [6.45, 7) is -0.607. The number of nitrogens with one attached hydrogen (secondary N) is 1. The number of fused-ring (bicyclic) bond motifs is 1. The summed E-state index contributed by atoms with van der Waals surface area (Å²) in [6, 6.07) is 19.1. The summed E-state index contributed by atoms with van der Waals surface area (Å²) in [5.41, 5.74) is 5.12. The number of ether oxygens (including phenoxy) is 4. The Labute approximate surface area is 218 Å². The Hall–Kier alpha value is -5.12. The first kappa shape index (κ1) is 26.0. The van der Waals surface area contributed by atoms with Crippen molar-refractivity contribution in [2.45, 2.75) is 0 Å².